The Balaban J connectivity index is 1.51. The third-order valence-electron chi connectivity index (χ3n) is 6.54. The van der Waals surface area contributed by atoms with E-state index in [1.165, 1.54) is 32.1 Å². The lowest BCUT2D eigenvalue weighted by Crippen LogP contribution is -2.63. The van der Waals surface area contributed by atoms with Crippen molar-refractivity contribution in [1.29, 1.82) is 0 Å². The summed E-state index contributed by atoms with van der Waals surface area (Å²) in [5, 5.41) is 3.61. The first-order valence-corrected chi connectivity index (χ1v) is 9.08. The Morgan fingerprint density at radius 3 is 2.35 bits per heavy atom. The molecule has 0 unspecified atom stereocenters. The second-order valence-electron chi connectivity index (χ2n) is 7.63. The van der Waals surface area contributed by atoms with Crippen molar-refractivity contribution in [1.82, 2.24) is 5.32 Å². The molecule has 4 aliphatic rings. The Morgan fingerprint density at radius 1 is 1.17 bits per heavy atom. The van der Waals surface area contributed by atoms with Gasteiger partial charge >= 0.3 is 0 Å². The number of methoxy groups -OCH3 is 1. The molecule has 0 aromatic heterocycles. The van der Waals surface area contributed by atoms with Gasteiger partial charge in [0.05, 0.1) is 16.2 Å². The molecule has 4 aliphatic carbocycles. The maximum Gasteiger partial charge on any atom is 0.252 e. The summed E-state index contributed by atoms with van der Waals surface area (Å²) in [6, 6.07) is 7.21. The van der Waals surface area contributed by atoms with Gasteiger partial charge in [-0.05, 0) is 67.9 Å². The van der Waals surface area contributed by atoms with Gasteiger partial charge in [-0.3, -0.25) is 4.79 Å². The first kappa shape index (κ1) is 15.5. The van der Waals surface area contributed by atoms with Gasteiger partial charge in [-0.1, -0.05) is 23.7 Å². The summed E-state index contributed by atoms with van der Waals surface area (Å²) in [7, 11) is 1.82. The highest BCUT2D eigenvalue weighted by Gasteiger charge is 2.57. The fraction of sp³-hybridized carbons (Fsp3) is 0.632. The topological polar surface area (TPSA) is 38.3 Å². The van der Waals surface area contributed by atoms with E-state index in [9.17, 15) is 4.79 Å². The first-order valence-electron chi connectivity index (χ1n) is 8.70. The van der Waals surface area contributed by atoms with Crippen LogP contribution in [0.5, 0.6) is 0 Å². The number of hydrogen-bond acceptors (Lipinski definition) is 2. The lowest BCUT2D eigenvalue weighted by atomic mass is 9.49. The van der Waals surface area contributed by atoms with Gasteiger partial charge in [0.15, 0.2) is 0 Å². The quantitative estimate of drug-likeness (QED) is 0.907. The van der Waals surface area contributed by atoms with Crippen LogP contribution < -0.4 is 5.32 Å². The van der Waals surface area contributed by atoms with Crippen LogP contribution in [0, 0.1) is 23.7 Å². The molecule has 1 aromatic carbocycles. The molecule has 4 bridgehead atoms. The van der Waals surface area contributed by atoms with Crippen LogP contribution in [0.25, 0.3) is 0 Å². The van der Waals surface area contributed by atoms with Crippen LogP contribution in [0.1, 0.15) is 42.5 Å². The van der Waals surface area contributed by atoms with Crippen molar-refractivity contribution in [3.05, 3.63) is 34.9 Å². The fourth-order valence-electron chi connectivity index (χ4n) is 5.64. The zero-order valence-corrected chi connectivity index (χ0v) is 14.3. The van der Waals surface area contributed by atoms with Crippen LogP contribution >= 0.6 is 11.6 Å². The van der Waals surface area contributed by atoms with Crippen LogP contribution in [0.3, 0.4) is 0 Å². The van der Waals surface area contributed by atoms with E-state index in [2.05, 4.69) is 5.32 Å². The molecule has 0 spiro atoms. The second-order valence-corrected chi connectivity index (χ2v) is 8.03. The van der Waals surface area contributed by atoms with Gasteiger partial charge in [0, 0.05) is 13.7 Å². The predicted molar refractivity (Wildman–Crippen MR) is 90.6 cm³/mol. The molecular weight excluding hydrogens is 310 g/mol. The number of rotatable bonds is 4. The lowest BCUT2D eigenvalue weighted by molar-refractivity contribution is -0.186. The molecular formula is C19H24ClNO2. The zero-order chi connectivity index (χ0) is 16.0. The van der Waals surface area contributed by atoms with E-state index in [1.807, 2.05) is 19.2 Å². The SMILES string of the molecule is COC1(CNC(=O)c2ccccc2Cl)C2CC3CC(C2)CC1C3. The van der Waals surface area contributed by atoms with E-state index in [0.717, 1.165) is 11.8 Å². The van der Waals surface area contributed by atoms with Gasteiger partial charge < -0.3 is 10.1 Å². The number of carbonyl (C=O) groups excluding carboxylic acids is 1. The highest BCUT2D eigenvalue weighted by Crippen LogP contribution is 2.59. The van der Waals surface area contributed by atoms with E-state index in [4.69, 9.17) is 16.3 Å². The van der Waals surface area contributed by atoms with Gasteiger partial charge in [-0.25, -0.2) is 0 Å². The van der Waals surface area contributed by atoms with Crippen LogP contribution in [0.2, 0.25) is 5.02 Å². The van der Waals surface area contributed by atoms with Crippen LogP contribution in [-0.4, -0.2) is 25.2 Å². The summed E-state index contributed by atoms with van der Waals surface area (Å²) in [6.45, 7) is 0.600. The minimum Gasteiger partial charge on any atom is -0.376 e. The number of ether oxygens (including phenoxy) is 1. The lowest BCUT2D eigenvalue weighted by Gasteiger charge is -2.60. The predicted octanol–water partition coefficient (Wildman–Crippen LogP) is 3.91. The van der Waals surface area contributed by atoms with Gasteiger partial charge in [0.25, 0.3) is 5.91 Å². The Bertz CT molecular complexity index is 587. The molecule has 4 saturated carbocycles. The summed E-state index contributed by atoms with van der Waals surface area (Å²) in [6.07, 6.45) is 6.48. The molecule has 4 heteroatoms. The van der Waals surface area contributed by atoms with E-state index in [0.29, 0.717) is 29.0 Å². The Hall–Kier alpha value is -1.06. The van der Waals surface area contributed by atoms with Crippen molar-refractivity contribution in [3.63, 3.8) is 0 Å². The number of carbonyl (C=O) groups is 1. The van der Waals surface area contributed by atoms with Crippen molar-refractivity contribution in [2.24, 2.45) is 23.7 Å². The average molecular weight is 334 g/mol. The Kier molecular flexibility index (Phi) is 3.89. The summed E-state index contributed by atoms with van der Waals surface area (Å²) >= 11 is 6.14. The maximum absolute atomic E-state index is 12.5. The van der Waals surface area contributed by atoms with E-state index < -0.39 is 0 Å². The van der Waals surface area contributed by atoms with E-state index in [-0.39, 0.29) is 11.5 Å². The van der Waals surface area contributed by atoms with Crippen LogP contribution in [0.4, 0.5) is 0 Å². The highest BCUT2D eigenvalue weighted by atomic mass is 35.5. The minimum absolute atomic E-state index is 0.0965. The van der Waals surface area contributed by atoms with Gasteiger partial charge in [-0.2, -0.15) is 0 Å². The summed E-state index contributed by atoms with van der Waals surface area (Å²) in [4.78, 5) is 12.5. The van der Waals surface area contributed by atoms with E-state index in [1.54, 1.807) is 12.1 Å². The second kappa shape index (κ2) is 5.78. The Labute approximate surface area is 142 Å². The molecule has 0 radical (unpaired) electrons. The molecule has 0 heterocycles. The maximum atomic E-state index is 12.5. The van der Waals surface area contributed by atoms with Crippen molar-refractivity contribution < 1.29 is 9.53 Å². The first-order chi connectivity index (χ1) is 11.1. The van der Waals surface area contributed by atoms with Gasteiger partial charge in [0.2, 0.25) is 0 Å². The molecule has 1 aromatic rings. The van der Waals surface area contributed by atoms with Crippen molar-refractivity contribution in [2.75, 3.05) is 13.7 Å². The van der Waals surface area contributed by atoms with Crippen molar-refractivity contribution in [2.45, 2.75) is 37.7 Å². The molecule has 1 amide bonds. The molecule has 1 N–H and O–H groups in total. The number of halogens is 1. The van der Waals surface area contributed by atoms with E-state index >= 15 is 0 Å². The molecule has 3 nitrogen and oxygen atoms in total. The number of amides is 1. The standard InChI is InChI=1S/C19H24ClNO2/c1-23-19(11-21-18(22)16-4-2-3-5-17(16)20)14-7-12-6-13(9-14)10-15(19)8-12/h2-5,12-15H,6-11H2,1H3,(H,21,22). The molecule has 124 valence electrons. The minimum atomic E-state index is -0.176. The summed E-state index contributed by atoms with van der Waals surface area (Å²) in [5.41, 5.74) is 0.369. The van der Waals surface area contributed by atoms with Crippen LogP contribution in [0.15, 0.2) is 24.3 Å². The third kappa shape index (κ3) is 2.49. The molecule has 0 atom stereocenters. The Morgan fingerprint density at radius 2 is 1.78 bits per heavy atom. The third-order valence-corrected chi connectivity index (χ3v) is 6.87. The number of benzene rings is 1. The van der Waals surface area contributed by atoms with Crippen LogP contribution in [-0.2, 0) is 4.74 Å². The highest BCUT2D eigenvalue weighted by molar-refractivity contribution is 6.33. The number of hydrogen-bond donors (Lipinski definition) is 1. The van der Waals surface area contributed by atoms with Crippen molar-refractivity contribution >= 4 is 17.5 Å². The monoisotopic (exact) mass is 333 g/mol. The molecule has 23 heavy (non-hydrogen) atoms. The molecule has 4 fully saturated rings. The molecule has 5 rings (SSSR count). The average Bonchev–Trinajstić information content (AvgIpc) is 2.54. The largest absolute Gasteiger partial charge is 0.376 e. The molecule has 0 saturated heterocycles. The van der Waals surface area contributed by atoms with Gasteiger partial charge in [0.1, 0.15) is 0 Å². The zero-order valence-electron chi connectivity index (χ0n) is 13.6. The normalized spacial score (nSPS) is 37.8. The smallest absolute Gasteiger partial charge is 0.252 e. The number of nitrogens with one attached hydrogen (secondary N) is 1. The summed E-state index contributed by atoms with van der Waals surface area (Å²) in [5.74, 6) is 2.87. The van der Waals surface area contributed by atoms with Crippen molar-refractivity contribution in [3.8, 4) is 0 Å². The fourth-order valence-corrected chi connectivity index (χ4v) is 5.86. The summed E-state index contributed by atoms with van der Waals surface area (Å²) < 4.78 is 6.08. The van der Waals surface area contributed by atoms with Gasteiger partial charge in [-0.15, -0.1) is 0 Å². The molecule has 0 aliphatic heterocycles.